The SMILES string of the molecule is O=C1C(=O)N(c2ccccc2)C(c2cccc([N+](=O)[O-])c2)/C1=C(/O)c1ccc([N+](=O)[O-])cc1. The number of Topliss-reactive ketones (excluding diaryl/α,β-unsaturated/α-hetero) is 1. The number of hydrogen-bond acceptors (Lipinski definition) is 7. The van der Waals surface area contributed by atoms with E-state index in [1.54, 1.807) is 30.3 Å². The Morgan fingerprint density at radius 2 is 1.45 bits per heavy atom. The van der Waals surface area contributed by atoms with Crippen molar-refractivity contribution in [2.45, 2.75) is 6.04 Å². The van der Waals surface area contributed by atoms with E-state index < -0.39 is 33.3 Å². The lowest BCUT2D eigenvalue weighted by Gasteiger charge is -2.25. The molecule has 1 N–H and O–H groups in total. The molecule has 10 heteroatoms. The number of nitro benzene ring substituents is 2. The van der Waals surface area contributed by atoms with Gasteiger partial charge in [0.05, 0.1) is 21.5 Å². The highest BCUT2D eigenvalue weighted by Crippen LogP contribution is 2.42. The Morgan fingerprint density at radius 3 is 2.06 bits per heavy atom. The van der Waals surface area contributed by atoms with Crippen molar-refractivity contribution in [1.29, 1.82) is 0 Å². The van der Waals surface area contributed by atoms with Gasteiger partial charge in [-0.15, -0.1) is 0 Å². The second-order valence-electron chi connectivity index (χ2n) is 7.16. The molecule has 33 heavy (non-hydrogen) atoms. The first-order valence-electron chi connectivity index (χ1n) is 9.65. The summed E-state index contributed by atoms with van der Waals surface area (Å²) in [5, 5.41) is 33.2. The molecule has 164 valence electrons. The number of benzene rings is 3. The molecule has 1 atom stereocenters. The van der Waals surface area contributed by atoms with Crippen molar-refractivity contribution < 1.29 is 24.5 Å². The fourth-order valence-electron chi connectivity index (χ4n) is 3.71. The van der Waals surface area contributed by atoms with E-state index in [2.05, 4.69) is 0 Å². The van der Waals surface area contributed by atoms with E-state index in [9.17, 15) is 34.9 Å². The third kappa shape index (κ3) is 3.81. The standard InChI is InChI=1S/C23H15N3O7/c27-21(14-9-11-17(12-10-14)25(30)31)19-20(15-5-4-8-18(13-15)26(32)33)24(23(29)22(19)28)16-6-2-1-3-7-16/h1-13,20,27H/b21-19-. The van der Waals surface area contributed by atoms with Crippen LogP contribution in [0.2, 0.25) is 0 Å². The van der Waals surface area contributed by atoms with Crippen LogP contribution in [0.5, 0.6) is 0 Å². The molecule has 1 aliphatic rings. The Balaban J connectivity index is 1.94. The number of aliphatic hydroxyl groups is 1. The molecule has 3 aromatic carbocycles. The number of para-hydroxylation sites is 1. The van der Waals surface area contributed by atoms with Gasteiger partial charge in [-0.3, -0.25) is 34.7 Å². The van der Waals surface area contributed by atoms with Gasteiger partial charge in [0, 0.05) is 35.5 Å². The van der Waals surface area contributed by atoms with Crippen molar-refractivity contribution in [3.63, 3.8) is 0 Å². The average molecular weight is 445 g/mol. The minimum atomic E-state index is -1.15. The lowest BCUT2D eigenvalue weighted by atomic mass is 9.94. The number of carbonyl (C=O) groups is 2. The maximum atomic E-state index is 13.0. The number of non-ortho nitro benzene ring substituents is 2. The smallest absolute Gasteiger partial charge is 0.300 e. The molecule has 3 aromatic rings. The maximum absolute atomic E-state index is 13.0. The molecule has 1 heterocycles. The molecular formula is C23H15N3O7. The number of ketones is 1. The Kier molecular flexibility index (Phi) is 5.41. The van der Waals surface area contributed by atoms with Crippen LogP contribution in [0.25, 0.3) is 5.76 Å². The van der Waals surface area contributed by atoms with Gasteiger partial charge in [0.25, 0.3) is 23.1 Å². The van der Waals surface area contributed by atoms with Crippen LogP contribution in [0.15, 0.2) is 84.4 Å². The summed E-state index contributed by atoms with van der Waals surface area (Å²) in [5.41, 5.74) is -0.0529. The van der Waals surface area contributed by atoms with Crippen LogP contribution in [0.3, 0.4) is 0 Å². The highest BCUT2D eigenvalue weighted by Gasteiger charge is 2.47. The first-order valence-corrected chi connectivity index (χ1v) is 9.65. The number of anilines is 1. The Bertz CT molecular complexity index is 1320. The minimum absolute atomic E-state index is 0.0853. The second-order valence-corrected chi connectivity index (χ2v) is 7.16. The number of rotatable bonds is 5. The Morgan fingerprint density at radius 1 is 0.818 bits per heavy atom. The predicted octanol–water partition coefficient (Wildman–Crippen LogP) is 4.13. The summed E-state index contributed by atoms with van der Waals surface area (Å²) in [7, 11) is 0. The molecule has 10 nitrogen and oxygen atoms in total. The molecule has 0 aliphatic carbocycles. The molecule has 1 saturated heterocycles. The quantitative estimate of drug-likeness (QED) is 0.204. The van der Waals surface area contributed by atoms with Gasteiger partial charge in [-0.25, -0.2) is 0 Å². The van der Waals surface area contributed by atoms with Crippen molar-refractivity contribution in [3.8, 4) is 0 Å². The van der Waals surface area contributed by atoms with Crippen LogP contribution in [0.1, 0.15) is 17.2 Å². The molecule has 0 bridgehead atoms. The monoisotopic (exact) mass is 445 g/mol. The van der Waals surface area contributed by atoms with E-state index in [1.165, 1.54) is 41.3 Å². The van der Waals surface area contributed by atoms with Crippen molar-refractivity contribution in [3.05, 3.63) is 116 Å². The van der Waals surface area contributed by atoms with Crippen molar-refractivity contribution in [2.75, 3.05) is 4.90 Å². The summed E-state index contributed by atoms with van der Waals surface area (Å²) < 4.78 is 0. The summed E-state index contributed by atoms with van der Waals surface area (Å²) >= 11 is 0. The zero-order valence-electron chi connectivity index (χ0n) is 16.8. The third-order valence-corrected chi connectivity index (χ3v) is 5.23. The normalized spacial score (nSPS) is 17.2. The van der Waals surface area contributed by atoms with Crippen molar-refractivity contribution in [2.24, 2.45) is 0 Å². The van der Waals surface area contributed by atoms with E-state index in [1.807, 2.05) is 0 Å². The summed E-state index contributed by atoms with van der Waals surface area (Å²) in [6.45, 7) is 0. The summed E-state index contributed by atoms with van der Waals surface area (Å²) in [5.74, 6) is -2.44. The van der Waals surface area contributed by atoms with Gasteiger partial charge in [0.2, 0.25) is 0 Å². The molecule has 0 saturated carbocycles. The van der Waals surface area contributed by atoms with E-state index in [0.29, 0.717) is 5.69 Å². The Labute approximate surface area is 186 Å². The molecule has 0 spiro atoms. The van der Waals surface area contributed by atoms with Crippen LogP contribution in [-0.4, -0.2) is 26.6 Å². The first kappa shape index (κ1) is 21.4. The Hall–Kier alpha value is -4.86. The largest absolute Gasteiger partial charge is 0.507 e. The van der Waals surface area contributed by atoms with Gasteiger partial charge in [-0.1, -0.05) is 30.3 Å². The lowest BCUT2D eigenvalue weighted by molar-refractivity contribution is -0.385. The van der Waals surface area contributed by atoms with Crippen LogP contribution in [0.4, 0.5) is 17.1 Å². The predicted molar refractivity (Wildman–Crippen MR) is 117 cm³/mol. The van der Waals surface area contributed by atoms with Crippen LogP contribution >= 0.6 is 0 Å². The fraction of sp³-hybridized carbons (Fsp3) is 0.0435. The first-order chi connectivity index (χ1) is 15.8. The molecule has 1 amide bonds. The molecule has 4 rings (SSSR count). The molecule has 0 aromatic heterocycles. The molecular weight excluding hydrogens is 430 g/mol. The number of nitro groups is 2. The van der Waals surface area contributed by atoms with Crippen LogP contribution in [0, 0.1) is 20.2 Å². The maximum Gasteiger partial charge on any atom is 0.300 e. The van der Waals surface area contributed by atoms with E-state index in [-0.39, 0.29) is 28.1 Å². The molecule has 1 unspecified atom stereocenters. The van der Waals surface area contributed by atoms with Gasteiger partial charge < -0.3 is 5.11 Å². The zero-order chi connectivity index (χ0) is 23.7. The van der Waals surface area contributed by atoms with E-state index in [0.717, 1.165) is 12.1 Å². The summed E-state index contributed by atoms with van der Waals surface area (Å²) in [6, 6.07) is 17.4. The van der Waals surface area contributed by atoms with Gasteiger partial charge in [-0.05, 0) is 29.8 Å². The van der Waals surface area contributed by atoms with Crippen molar-refractivity contribution in [1.82, 2.24) is 0 Å². The minimum Gasteiger partial charge on any atom is -0.507 e. The zero-order valence-corrected chi connectivity index (χ0v) is 16.8. The van der Waals surface area contributed by atoms with Gasteiger partial charge in [-0.2, -0.15) is 0 Å². The molecule has 1 fully saturated rings. The fourth-order valence-corrected chi connectivity index (χ4v) is 3.71. The number of aliphatic hydroxyl groups excluding tert-OH is 1. The van der Waals surface area contributed by atoms with Gasteiger partial charge in [0.1, 0.15) is 5.76 Å². The lowest BCUT2D eigenvalue weighted by Crippen LogP contribution is -2.29. The molecule has 0 radical (unpaired) electrons. The average Bonchev–Trinajstić information content (AvgIpc) is 3.09. The molecule has 1 aliphatic heterocycles. The summed E-state index contributed by atoms with van der Waals surface area (Å²) in [6.07, 6.45) is 0. The van der Waals surface area contributed by atoms with Crippen molar-refractivity contribution >= 4 is 34.5 Å². The van der Waals surface area contributed by atoms with Gasteiger partial charge >= 0.3 is 0 Å². The highest BCUT2D eigenvalue weighted by atomic mass is 16.6. The second kappa shape index (κ2) is 8.35. The number of amides is 1. The summed E-state index contributed by atoms with van der Waals surface area (Å²) in [4.78, 5) is 48.2. The number of hydrogen-bond donors (Lipinski definition) is 1. The van der Waals surface area contributed by atoms with Crippen LogP contribution < -0.4 is 4.90 Å². The van der Waals surface area contributed by atoms with Crippen LogP contribution in [-0.2, 0) is 9.59 Å². The topological polar surface area (TPSA) is 144 Å². The number of nitrogens with zero attached hydrogens (tertiary/aromatic N) is 3. The van der Waals surface area contributed by atoms with E-state index in [4.69, 9.17) is 0 Å². The highest BCUT2D eigenvalue weighted by molar-refractivity contribution is 6.51. The number of carbonyl (C=O) groups excluding carboxylic acids is 2. The third-order valence-electron chi connectivity index (χ3n) is 5.23. The van der Waals surface area contributed by atoms with Gasteiger partial charge in [0.15, 0.2) is 0 Å². The van der Waals surface area contributed by atoms with E-state index >= 15 is 0 Å².